The number of ether oxygens (including phenoxy) is 3. The monoisotopic (exact) mass is 425 g/mol. The Balaban J connectivity index is 1.48. The maximum absolute atomic E-state index is 12.9. The maximum Gasteiger partial charge on any atom is 0.229 e. The molecule has 1 fully saturated rings. The van der Waals surface area contributed by atoms with Gasteiger partial charge in [0.1, 0.15) is 19.0 Å². The average Bonchev–Trinajstić information content (AvgIpc) is 3.15. The zero-order valence-corrected chi connectivity index (χ0v) is 17.3. The fraction of sp³-hybridized carbons (Fsp3) is 0.318. The van der Waals surface area contributed by atoms with Gasteiger partial charge in [-0.2, -0.15) is 0 Å². The second kappa shape index (κ2) is 8.55. The van der Waals surface area contributed by atoms with E-state index in [0.29, 0.717) is 47.5 Å². The van der Waals surface area contributed by atoms with Gasteiger partial charge in [-0.3, -0.25) is 14.4 Å². The lowest BCUT2D eigenvalue weighted by Gasteiger charge is -2.22. The normalized spacial score (nSPS) is 17.3. The predicted octanol–water partition coefficient (Wildman–Crippen LogP) is 2.42. The van der Waals surface area contributed by atoms with Crippen LogP contribution in [0.2, 0.25) is 0 Å². The number of amides is 3. The summed E-state index contributed by atoms with van der Waals surface area (Å²) in [4.78, 5) is 38.4. The number of benzene rings is 2. The highest BCUT2D eigenvalue weighted by molar-refractivity contribution is 6.04. The molecular weight excluding hydrogens is 402 g/mol. The lowest BCUT2D eigenvalue weighted by atomic mass is 10.1. The van der Waals surface area contributed by atoms with E-state index in [0.717, 1.165) is 0 Å². The van der Waals surface area contributed by atoms with Gasteiger partial charge < -0.3 is 29.7 Å². The van der Waals surface area contributed by atoms with E-state index in [-0.39, 0.29) is 30.7 Å². The quantitative estimate of drug-likeness (QED) is 0.762. The number of hydrogen-bond acceptors (Lipinski definition) is 6. The summed E-state index contributed by atoms with van der Waals surface area (Å²) in [5.41, 5.74) is 1.61. The molecule has 4 rings (SSSR count). The topological polar surface area (TPSA) is 106 Å². The molecule has 9 nitrogen and oxygen atoms in total. The van der Waals surface area contributed by atoms with Gasteiger partial charge in [-0.15, -0.1) is 0 Å². The minimum atomic E-state index is -0.533. The summed E-state index contributed by atoms with van der Waals surface area (Å²) in [6.07, 6.45) is 0.0912. The average molecular weight is 425 g/mol. The van der Waals surface area contributed by atoms with Crippen molar-refractivity contribution >= 4 is 34.8 Å². The first-order valence-electron chi connectivity index (χ1n) is 9.91. The molecule has 2 aliphatic rings. The molecule has 0 saturated carbocycles. The number of hydrogen-bond donors (Lipinski definition) is 2. The highest BCUT2D eigenvalue weighted by Crippen LogP contribution is 2.36. The number of methoxy groups -OCH3 is 1. The molecule has 0 unspecified atom stereocenters. The van der Waals surface area contributed by atoms with Gasteiger partial charge in [0.2, 0.25) is 17.7 Å². The van der Waals surface area contributed by atoms with Crippen LogP contribution in [0.4, 0.5) is 17.1 Å². The Morgan fingerprint density at radius 1 is 1.06 bits per heavy atom. The van der Waals surface area contributed by atoms with Crippen LogP contribution in [-0.2, 0) is 14.4 Å². The van der Waals surface area contributed by atoms with E-state index < -0.39 is 5.92 Å². The van der Waals surface area contributed by atoms with Crippen molar-refractivity contribution in [2.75, 3.05) is 42.4 Å². The van der Waals surface area contributed by atoms with Crippen LogP contribution in [0.1, 0.15) is 13.3 Å². The minimum absolute atomic E-state index is 0.0912. The first kappa shape index (κ1) is 20.5. The molecule has 3 amide bonds. The van der Waals surface area contributed by atoms with Crippen molar-refractivity contribution in [1.29, 1.82) is 0 Å². The molecule has 1 saturated heterocycles. The Bertz CT molecular complexity index is 1040. The summed E-state index contributed by atoms with van der Waals surface area (Å²) >= 11 is 0. The van der Waals surface area contributed by atoms with E-state index in [1.165, 1.54) is 14.0 Å². The molecule has 0 aliphatic carbocycles. The molecule has 2 aromatic carbocycles. The second-order valence-electron chi connectivity index (χ2n) is 7.32. The van der Waals surface area contributed by atoms with Gasteiger partial charge in [0.25, 0.3) is 0 Å². The number of anilines is 3. The van der Waals surface area contributed by atoms with Crippen molar-refractivity contribution < 1.29 is 28.6 Å². The van der Waals surface area contributed by atoms with Crippen molar-refractivity contribution in [2.45, 2.75) is 13.3 Å². The van der Waals surface area contributed by atoms with Crippen molar-refractivity contribution in [3.63, 3.8) is 0 Å². The maximum atomic E-state index is 12.9. The third-order valence-corrected chi connectivity index (χ3v) is 5.11. The largest absolute Gasteiger partial charge is 0.495 e. The summed E-state index contributed by atoms with van der Waals surface area (Å²) in [6, 6.07) is 10.3. The molecule has 0 aromatic heterocycles. The molecule has 2 aromatic rings. The number of nitrogens with zero attached hydrogens (tertiary/aromatic N) is 1. The van der Waals surface area contributed by atoms with Crippen molar-refractivity contribution in [2.24, 2.45) is 5.92 Å². The Kier molecular flexibility index (Phi) is 5.66. The van der Waals surface area contributed by atoms with Crippen molar-refractivity contribution in [1.82, 2.24) is 0 Å². The van der Waals surface area contributed by atoms with Gasteiger partial charge in [0.15, 0.2) is 11.5 Å². The van der Waals surface area contributed by atoms with E-state index in [9.17, 15) is 14.4 Å². The molecule has 0 radical (unpaired) electrons. The van der Waals surface area contributed by atoms with Crippen LogP contribution in [-0.4, -0.2) is 44.6 Å². The van der Waals surface area contributed by atoms with E-state index in [1.807, 2.05) is 0 Å². The van der Waals surface area contributed by atoms with Crippen LogP contribution >= 0.6 is 0 Å². The molecule has 0 bridgehead atoms. The summed E-state index contributed by atoms with van der Waals surface area (Å²) < 4.78 is 16.4. The van der Waals surface area contributed by atoms with Gasteiger partial charge in [-0.05, 0) is 30.3 Å². The highest BCUT2D eigenvalue weighted by Gasteiger charge is 2.36. The molecule has 2 heterocycles. The van der Waals surface area contributed by atoms with E-state index >= 15 is 0 Å². The molecule has 0 spiro atoms. The first-order valence-corrected chi connectivity index (χ1v) is 9.91. The van der Waals surface area contributed by atoms with E-state index in [2.05, 4.69) is 10.6 Å². The van der Waals surface area contributed by atoms with Gasteiger partial charge in [0, 0.05) is 37.3 Å². The van der Waals surface area contributed by atoms with Crippen LogP contribution in [0.3, 0.4) is 0 Å². The number of nitrogens with one attached hydrogen (secondary N) is 2. The van der Waals surface area contributed by atoms with E-state index in [1.54, 1.807) is 41.3 Å². The number of carbonyl (C=O) groups is 3. The lowest BCUT2D eigenvalue weighted by Crippen LogP contribution is -2.28. The molecule has 1 atom stereocenters. The van der Waals surface area contributed by atoms with E-state index in [4.69, 9.17) is 14.2 Å². The molecule has 162 valence electrons. The van der Waals surface area contributed by atoms with Crippen LogP contribution in [0.15, 0.2) is 36.4 Å². The zero-order chi connectivity index (χ0) is 22.0. The Morgan fingerprint density at radius 3 is 2.58 bits per heavy atom. The third kappa shape index (κ3) is 4.40. The van der Waals surface area contributed by atoms with Crippen molar-refractivity contribution in [3.8, 4) is 17.2 Å². The van der Waals surface area contributed by atoms with Crippen LogP contribution in [0.25, 0.3) is 0 Å². The predicted molar refractivity (Wildman–Crippen MR) is 114 cm³/mol. The smallest absolute Gasteiger partial charge is 0.229 e. The SMILES string of the molecule is COc1ccc(NC(C)=O)cc1NC(=O)[C@H]1CC(=O)N(c2ccc3c(c2)OCCO3)C1. The molecule has 9 heteroatoms. The lowest BCUT2D eigenvalue weighted by molar-refractivity contribution is -0.122. The fourth-order valence-electron chi connectivity index (χ4n) is 3.65. The summed E-state index contributed by atoms with van der Waals surface area (Å²) in [5, 5.41) is 5.49. The fourth-order valence-corrected chi connectivity index (χ4v) is 3.65. The Labute approximate surface area is 179 Å². The van der Waals surface area contributed by atoms with Gasteiger partial charge in [-0.25, -0.2) is 0 Å². The third-order valence-electron chi connectivity index (χ3n) is 5.11. The van der Waals surface area contributed by atoms with Crippen molar-refractivity contribution in [3.05, 3.63) is 36.4 Å². The zero-order valence-electron chi connectivity index (χ0n) is 17.3. The van der Waals surface area contributed by atoms with Gasteiger partial charge >= 0.3 is 0 Å². The van der Waals surface area contributed by atoms with Gasteiger partial charge in [0.05, 0.1) is 18.7 Å². The Hall–Kier alpha value is -3.75. The number of carbonyl (C=O) groups excluding carboxylic acids is 3. The minimum Gasteiger partial charge on any atom is -0.495 e. The summed E-state index contributed by atoms with van der Waals surface area (Å²) in [7, 11) is 1.49. The summed E-state index contributed by atoms with van der Waals surface area (Å²) in [5.74, 6) is 0.484. The Morgan fingerprint density at radius 2 is 1.84 bits per heavy atom. The number of rotatable bonds is 5. The standard InChI is InChI=1S/C22H23N3O6/c1-13(26)23-15-3-5-18(29-2)17(10-15)24-22(28)14-9-21(27)25(12-14)16-4-6-19-20(11-16)31-8-7-30-19/h3-6,10-11,14H,7-9,12H2,1-2H3,(H,23,26)(H,24,28)/t14-/m0/s1. The van der Waals surface area contributed by atoms with Crippen LogP contribution in [0.5, 0.6) is 17.2 Å². The van der Waals surface area contributed by atoms with Gasteiger partial charge in [-0.1, -0.05) is 0 Å². The molecule has 2 aliphatic heterocycles. The second-order valence-corrected chi connectivity index (χ2v) is 7.32. The van der Waals surface area contributed by atoms with Crippen LogP contribution < -0.4 is 29.7 Å². The number of fused-ring (bicyclic) bond motifs is 1. The van der Waals surface area contributed by atoms with Crippen LogP contribution in [0, 0.1) is 5.92 Å². The molecule has 2 N–H and O–H groups in total. The molecule has 31 heavy (non-hydrogen) atoms. The summed E-state index contributed by atoms with van der Waals surface area (Å²) in [6.45, 7) is 2.59. The highest BCUT2D eigenvalue weighted by atomic mass is 16.6. The molecular formula is C22H23N3O6. The first-order chi connectivity index (χ1) is 14.9.